The number of nitrogens with zero attached hydrogens (tertiary/aromatic N) is 1. The summed E-state index contributed by atoms with van der Waals surface area (Å²) in [5.74, 6) is 0.978. The first-order valence-electron chi connectivity index (χ1n) is 9.27. The Kier molecular flexibility index (Phi) is 3.82. The summed E-state index contributed by atoms with van der Waals surface area (Å²) in [5.41, 5.74) is 8.47. The number of nitrogens with one attached hydrogen (secondary N) is 1. The largest absolute Gasteiger partial charge is 0.454 e. The Balaban J connectivity index is 1.50. The van der Waals surface area contributed by atoms with Crippen LogP contribution in [-0.4, -0.2) is 23.5 Å². The topological polar surface area (TPSA) is 104 Å². The quantitative estimate of drug-likeness (QED) is 0.663. The minimum Gasteiger partial charge on any atom is -0.454 e. The van der Waals surface area contributed by atoms with Crippen molar-refractivity contribution >= 4 is 44.6 Å². The first kappa shape index (κ1) is 17.9. The van der Waals surface area contributed by atoms with Gasteiger partial charge in [0.1, 0.15) is 9.71 Å². The molecule has 8 heteroatoms. The van der Waals surface area contributed by atoms with E-state index in [-0.39, 0.29) is 23.9 Å². The Morgan fingerprint density at radius 1 is 1.21 bits per heavy atom. The molecule has 3 aromatic rings. The summed E-state index contributed by atoms with van der Waals surface area (Å²) in [4.78, 5) is 31.1. The Morgan fingerprint density at radius 3 is 2.83 bits per heavy atom. The third-order valence-corrected chi connectivity index (χ3v) is 6.34. The molecule has 7 nitrogen and oxygen atoms in total. The number of ether oxygens (including phenoxy) is 2. The lowest BCUT2D eigenvalue weighted by Crippen LogP contribution is -2.27. The SMILES string of the molecule is CC1(C)CC(=O)c2cc3c(N)c(C(=O)Nc4ccc5c(c4)OCO5)sc3nc2C1. The van der Waals surface area contributed by atoms with Gasteiger partial charge in [-0.2, -0.15) is 0 Å². The molecule has 2 aliphatic rings. The highest BCUT2D eigenvalue weighted by Crippen LogP contribution is 2.40. The summed E-state index contributed by atoms with van der Waals surface area (Å²) < 4.78 is 10.6. The van der Waals surface area contributed by atoms with Gasteiger partial charge in [0.2, 0.25) is 6.79 Å². The zero-order valence-electron chi connectivity index (χ0n) is 16.0. The van der Waals surface area contributed by atoms with Crippen molar-refractivity contribution in [1.29, 1.82) is 0 Å². The van der Waals surface area contributed by atoms with Crippen LogP contribution in [0.15, 0.2) is 24.3 Å². The van der Waals surface area contributed by atoms with Gasteiger partial charge in [-0.3, -0.25) is 9.59 Å². The fourth-order valence-corrected chi connectivity index (χ4v) is 4.82. The summed E-state index contributed by atoms with van der Waals surface area (Å²) in [5, 5.41) is 3.49. The van der Waals surface area contributed by atoms with E-state index in [4.69, 9.17) is 15.2 Å². The Morgan fingerprint density at radius 2 is 2.00 bits per heavy atom. The highest BCUT2D eigenvalue weighted by Gasteiger charge is 2.33. The number of nitrogen functional groups attached to an aromatic ring is 1. The standard InChI is InChI=1S/C21H19N3O4S/c1-21(2)7-13-11(14(25)8-21)6-12-17(22)18(29-20(12)24-13)19(26)23-10-3-4-15-16(5-10)28-9-27-15/h3-6H,7-9,22H2,1-2H3,(H,23,26). The molecule has 0 unspecified atom stereocenters. The van der Waals surface area contributed by atoms with Crippen molar-refractivity contribution < 1.29 is 19.1 Å². The summed E-state index contributed by atoms with van der Waals surface area (Å²) in [7, 11) is 0. The van der Waals surface area contributed by atoms with Crippen LogP contribution >= 0.6 is 11.3 Å². The molecule has 0 bridgehead atoms. The van der Waals surface area contributed by atoms with Crippen molar-refractivity contribution in [1.82, 2.24) is 4.98 Å². The minimum atomic E-state index is -0.325. The van der Waals surface area contributed by atoms with Crippen molar-refractivity contribution in [2.45, 2.75) is 26.7 Å². The van der Waals surface area contributed by atoms with E-state index in [0.717, 1.165) is 12.1 Å². The maximum atomic E-state index is 12.8. The molecular formula is C21H19N3O4S. The van der Waals surface area contributed by atoms with Crippen LogP contribution in [0.4, 0.5) is 11.4 Å². The molecule has 148 valence electrons. The molecule has 2 aromatic heterocycles. The van der Waals surface area contributed by atoms with E-state index in [1.54, 1.807) is 24.3 Å². The lowest BCUT2D eigenvalue weighted by molar-refractivity contribution is 0.0910. The zero-order valence-corrected chi connectivity index (χ0v) is 16.8. The van der Waals surface area contributed by atoms with Crippen molar-refractivity contribution in [2.24, 2.45) is 5.41 Å². The van der Waals surface area contributed by atoms with Gasteiger partial charge in [0.25, 0.3) is 5.91 Å². The number of carbonyl (C=O) groups is 2. The number of amides is 1. The van der Waals surface area contributed by atoms with Crippen LogP contribution < -0.4 is 20.5 Å². The number of ketones is 1. The molecule has 0 fully saturated rings. The van der Waals surface area contributed by atoms with E-state index in [2.05, 4.69) is 24.1 Å². The third-order valence-electron chi connectivity index (χ3n) is 5.22. The average molecular weight is 409 g/mol. The maximum Gasteiger partial charge on any atom is 0.267 e. The first-order valence-corrected chi connectivity index (χ1v) is 10.1. The van der Waals surface area contributed by atoms with Crippen molar-refractivity contribution in [3.05, 3.63) is 40.4 Å². The second-order valence-corrected chi connectivity index (χ2v) is 9.14. The second-order valence-electron chi connectivity index (χ2n) is 8.14. The highest BCUT2D eigenvalue weighted by atomic mass is 32.1. The average Bonchev–Trinajstić information content (AvgIpc) is 3.23. The lowest BCUT2D eigenvalue weighted by Gasteiger charge is -2.29. The summed E-state index contributed by atoms with van der Waals surface area (Å²) in [6.45, 7) is 4.29. The van der Waals surface area contributed by atoms with Crippen LogP contribution in [-0.2, 0) is 6.42 Å². The van der Waals surface area contributed by atoms with E-state index in [0.29, 0.717) is 50.0 Å². The van der Waals surface area contributed by atoms with E-state index in [1.807, 2.05) is 0 Å². The number of hydrogen-bond acceptors (Lipinski definition) is 7. The van der Waals surface area contributed by atoms with Gasteiger partial charge < -0.3 is 20.5 Å². The van der Waals surface area contributed by atoms with Crippen molar-refractivity contribution in [2.75, 3.05) is 17.8 Å². The number of anilines is 2. The monoisotopic (exact) mass is 409 g/mol. The lowest BCUT2D eigenvalue weighted by atomic mass is 9.75. The van der Waals surface area contributed by atoms with Gasteiger partial charge in [0.05, 0.1) is 11.4 Å². The van der Waals surface area contributed by atoms with Gasteiger partial charge in [0.15, 0.2) is 17.3 Å². The van der Waals surface area contributed by atoms with Crippen LogP contribution in [0.1, 0.15) is 46.0 Å². The van der Waals surface area contributed by atoms with Gasteiger partial charge in [-0.1, -0.05) is 13.8 Å². The number of carbonyl (C=O) groups excluding carboxylic acids is 2. The zero-order chi connectivity index (χ0) is 20.3. The van der Waals surface area contributed by atoms with Crippen LogP contribution in [0.2, 0.25) is 0 Å². The molecule has 1 aliphatic heterocycles. The van der Waals surface area contributed by atoms with Gasteiger partial charge in [-0.15, -0.1) is 11.3 Å². The van der Waals surface area contributed by atoms with Crippen molar-refractivity contribution in [3.63, 3.8) is 0 Å². The number of fused-ring (bicyclic) bond motifs is 3. The molecule has 0 spiro atoms. The minimum absolute atomic E-state index is 0.0719. The molecule has 3 N–H and O–H groups in total. The van der Waals surface area contributed by atoms with Gasteiger partial charge in [0, 0.05) is 29.1 Å². The molecule has 0 saturated heterocycles. The number of thiophene rings is 1. The molecule has 1 aromatic carbocycles. The molecule has 3 heterocycles. The summed E-state index contributed by atoms with van der Waals surface area (Å²) in [6, 6.07) is 6.99. The smallest absolute Gasteiger partial charge is 0.267 e. The van der Waals surface area contributed by atoms with Crippen LogP contribution in [0.25, 0.3) is 10.2 Å². The van der Waals surface area contributed by atoms with E-state index in [1.165, 1.54) is 11.3 Å². The molecule has 0 radical (unpaired) electrons. The predicted octanol–water partition coefficient (Wildman–Crippen LogP) is 4.01. The summed E-state index contributed by atoms with van der Waals surface area (Å²) in [6.07, 6.45) is 1.20. The molecule has 0 saturated carbocycles. The number of rotatable bonds is 2. The molecule has 0 atom stereocenters. The fourth-order valence-electron chi connectivity index (χ4n) is 3.83. The fraction of sp³-hybridized carbons (Fsp3) is 0.286. The first-order chi connectivity index (χ1) is 13.8. The number of hydrogen-bond donors (Lipinski definition) is 2. The van der Waals surface area contributed by atoms with Gasteiger partial charge >= 0.3 is 0 Å². The maximum absolute atomic E-state index is 12.8. The number of aromatic nitrogens is 1. The number of benzene rings is 1. The Bertz CT molecular complexity index is 1200. The van der Waals surface area contributed by atoms with E-state index < -0.39 is 0 Å². The van der Waals surface area contributed by atoms with Crippen LogP contribution in [0.5, 0.6) is 11.5 Å². The van der Waals surface area contributed by atoms with Gasteiger partial charge in [-0.25, -0.2) is 4.98 Å². The van der Waals surface area contributed by atoms with Crippen LogP contribution in [0, 0.1) is 5.41 Å². The Labute approximate surface area is 170 Å². The number of nitrogens with two attached hydrogens (primary N) is 1. The van der Waals surface area contributed by atoms with Gasteiger partial charge in [-0.05, 0) is 30.0 Å². The molecular weight excluding hydrogens is 390 g/mol. The molecule has 1 amide bonds. The van der Waals surface area contributed by atoms with E-state index >= 15 is 0 Å². The molecule has 29 heavy (non-hydrogen) atoms. The van der Waals surface area contributed by atoms with Crippen LogP contribution in [0.3, 0.4) is 0 Å². The second kappa shape index (κ2) is 6.18. The van der Waals surface area contributed by atoms with E-state index in [9.17, 15) is 9.59 Å². The molecule has 1 aliphatic carbocycles. The number of Topliss-reactive ketones (excluding diaryl/α,β-unsaturated/α-hetero) is 1. The normalized spacial score (nSPS) is 16.7. The molecule has 5 rings (SSSR count). The third kappa shape index (κ3) is 3.00. The summed E-state index contributed by atoms with van der Waals surface area (Å²) >= 11 is 1.24. The highest BCUT2D eigenvalue weighted by molar-refractivity contribution is 7.21. The number of pyridine rings is 1. The Hall–Kier alpha value is -3.13. The predicted molar refractivity (Wildman–Crippen MR) is 111 cm³/mol. The van der Waals surface area contributed by atoms with Crippen molar-refractivity contribution in [3.8, 4) is 11.5 Å².